The third kappa shape index (κ3) is 4.86. The molecule has 6 nitrogen and oxygen atoms in total. The molecule has 172 valence electrons. The van der Waals surface area contributed by atoms with Crippen molar-refractivity contribution in [3.05, 3.63) is 65.5 Å². The Labute approximate surface area is 193 Å². The number of amides is 3. The largest absolute Gasteiger partial charge is 0.394 e. The molecule has 2 heterocycles. The SMILES string of the molecule is CC(C)CC#Cc1ccc([C@@H]2[C@H](CO)N3C(=O)CN(C(=O)Nc4ccc(F)cc4)C[C@@H]23)cc1. The maximum atomic E-state index is 13.1. The van der Waals surface area contributed by atoms with Gasteiger partial charge in [0.25, 0.3) is 0 Å². The molecule has 3 atom stereocenters. The summed E-state index contributed by atoms with van der Waals surface area (Å²) < 4.78 is 13.1. The van der Waals surface area contributed by atoms with Gasteiger partial charge in [0.2, 0.25) is 5.91 Å². The highest BCUT2D eigenvalue weighted by Crippen LogP contribution is 2.43. The molecule has 0 bridgehead atoms. The number of aliphatic hydroxyl groups is 1. The van der Waals surface area contributed by atoms with E-state index in [-0.39, 0.29) is 42.9 Å². The number of carbonyl (C=O) groups is 2. The van der Waals surface area contributed by atoms with E-state index >= 15 is 0 Å². The van der Waals surface area contributed by atoms with Crippen LogP contribution in [0.4, 0.5) is 14.9 Å². The van der Waals surface area contributed by atoms with Crippen molar-refractivity contribution >= 4 is 17.6 Å². The first-order valence-electron chi connectivity index (χ1n) is 11.2. The van der Waals surface area contributed by atoms with Gasteiger partial charge in [-0.1, -0.05) is 37.8 Å². The van der Waals surface area contributed by atoms with Gasteiger partial charge < -0.3 is 20.2 Å². The van der Waals surface area contributed by atoms with Crippen molar-refractivity contribution < 1.29 is 19.1 Å². The Hall–Kier alpha value is -3.37. The van der Waals surface area contributed by atoms with Crippen LogP contribution in [0.25, 0.3) is 0 Å². The smallest absolute Gasteiger partial charge is 0.322 e. The lowest BCUT2D eigenvalue weighted by atomic mass is 9.73. The van der Waals surface area contributed by atoms with Crippen LogP contribution in [0.5, 0.6) is 0 Å². The van der Waals surface area contributed by atoms with Crippen LogP contribution in [-0.4, -0.2) is 58.6 Å². The van der Waals surface area contributed by atoms with Crippen molar-refractivity contribution in [2.24, 2.45) is 5.92 Å². The van der Waals surface area contributed by atoms with Gasteiger partial charge in [-0.2, -0.15) is 0 Å². The molecule has 33 heavy (non-hydrogen) atoms. The van der Waals surface area contributed by atoms with Gasteiger partial charge in [-0.3, -0.25) is 4.79 Å². The van der Waals surface area contributed by atoms with Gasteiger partial charge in [0.1, 0.15) is 12.4 Å². The first-order valence-corrected chi connectivity index (χ1v) is 11.2. The van der Waals surface area contributed by atoms with Crippen LogP contribution < -0.4 is 5.32 Å². The number of anilines is 1. The number of piperazine rings is 1. The fourth-order valence-electron chi connectivity index (χ4n) is 4.54. The number of fused-ring (bicyclic) bond motifs is 1. The fourth-order valence-corrected chi connectivity index (χ4v) is 4.54. The summed E-state index contributed by atoms with van der Waals surface area (Å²) in [5.41, 5.74) is 2.40. The lowest BCUT2D eigenvalue weighted by molar-refractivity contribution is -0.159. The van der Waals surface area contributed by atoms with Crippen LogP contribution in [0, 0.1) is 23.6 Å². The lowest BCUT2D eigenvalue weighted by Gasteiger charge is -2.58. The molecule has 0 aromatic heterocycles. The van der Waals surface area contributed by atoms with E-state index in [9.17, 15) is 19.1 Å². The molecule has 2 N–H and O–H groups in total. The van der Waals surface area contributed by atoms with Crippen LogP contribution in [0.15, 0.2) is 48.5 Å². The van der Waals surface area contributed by atoms with E-state index in [0.29, 0.717) is 18.2 Å². The molecule has 2 aromatic rings. The second-order valence-corrected chi connectivity index (χ2v) is 8.98. The second-order valence-electron chi connectivity index (χ2n) is 8.98. The number of carbonyl (C=O) groups excluding carboxylic acids is 2. The van der Waals surface area contributed by atoms with Crippen molar-refractivity contribution in [3.63, 3.8) is 0 Å². The zero-order valence-electron chi connectivity index (χ0n) is 18.8. The first kappa shape index (κ1) is 22.8. The summed E-state index contributed by atoms with van der Waals surface area (Å²) in [7, 11) is 0. The van der Waals surface area contributed by atoms with E-state index in [1.165, 1.54) is 29.2 Å². The molecule has 2 aromatic carbocycles. The maximum absolute atomic E-state index is 13.1. The Morgan fingerprint density at radius 1 is 1.18 bits per heavy atom. The van der Waals surface area contributed by atoms with Crippen molar-refractivity contribution in [1.82, 2.24) is 9.80 Å². The number of nitrogens with zero attached hydrogens (tertiary/aromatic N) is 2. The van der Waals surface area contributed by atoms with Crippen LogP contribution in [0.2, 0.25) is 0 Å². The molecule has 4 rings (SSSR count). The highest BCUT2D eigenvalue weighted by Gasteiger charge is 2.54. The van der Waals surface area contributed by atoms with Gasteiger partial charge >= 0.3 is 6.03 Å². The quantitative estimate of drug-likeness (QED) is 0.703. The standard InChI is InChI=1S/C26H28FN3O3/c1-17(2)4-3-5-18-6-8-19(9-7-18)25-22-14-29(15-24(32)30(22)23(25)16-31)26(33)28-21-12-10-20(27)11-13-21/h6-13,17,22-23,25,31H,4,14-16H2,1-2H3,(H,28,33)/t22-,23-,25-/m0/s1. The molecule has 7 heteroatoms. The van der Waals surface area contributed by atoms with Gasteiger partial charge in [0.15, 0.2) is 0 Å². The average molecular weight is 450 g/mol. The van der Waals surface area contributed by atoms with E-state index in [1.54, 1.807) is 4.90 Å². The molecule has 0 saturated carbocycles. The molecule has 0 unspecified atom stereocenters. The lowest BCUT2D eigenvalue weighted by Crippen LogP contribution is -2.73. The number of urea groups is 1. The van der Waals surface area contributed by atoms with E-state index in [1.807, 2.05) is 24.3 Å². The number of benzene rings is 2. The zero-order chi connectivity index (χ0) is 23.5. The normalized spacial score (nSPS) is 21.7. The van der Waals surface area contributed by atoms with Crippen LogP contribution >= 0.6 is 0 Å². The van der Waals surface area contributed by atoms with Gasteiger partial charge in [-0.15, -0.1) is 0 Å². The summed E-state index contributed by atoms with van der Waals surface area (Å²) in [5, 5.41) is 12.7. The summed E-state index contributed by atoms with van der Waals surface area (Å²) in [4.78, 5) is 28.7. The zero-order valence-corrected chi connectivity index (χ0v) is 18.8. The molecule has 3 amide bonds. The van der Waals surface area contributed by atoms with Gasteiger partial charge in [-0.05, 0) is 47.9 Å². The number of aliphatic hydroxyl groups excluding tert-OH is 1. The van der Waals surface area contributed by atoms with Gasteiger partial charge in [-0.25, -0.2) is 9.18 Å². The summed E-state index contributed by atoms with van der Waals surface area (Å²) in [6.45, 7) is 4.42. The van der Waals surface area contributed by atoms with Crippen molar-refractivity contribution in [2.75, 3.05) is 25.0 Å². The van der Waals surface area contributed by atoms with Gasteiger partial charge in [0, 0.05) is 30.1 Å². The molecule has 0 aliphatic carbocycles. The molecule has 2 saturated heterocycles. The average Bonchev–Trinajstić information content (AvgIpc) is 2.77. The summed E-state index contributed by atoms with van der Waals surface area (Å²) >= 11 is 0. The highest BCUT2D eigenvalue weighted by atomic mass is 19.1. The van der Waals surface area contributed by atoms with E-state index < -0.39 is 6.03 Å². The van der Waals surface area contributed by atoms with Crippen LogP contribution in [0.3, 0.4) is 0 Å². The minimum atomic E-state index is -0.406. The number of nitrogens with one attached hydrogen (secondary N) is 1. The molecule has 2 aliphatic rings. The Morgan fingerprint density at radius 2 is 1.88 bits per heavy atom. The predicted molar refractivity (Wildman–Crippen MR) is 124 cm³/mol. The number of hydrogen-bond acceptors (Lipinski definition) is 3. The molecule has 2 aliphatic heterocycles. The maximum Gasteiger partial charge on any atom is 0.322 e. The molecule has 0 spiro atoms. The molecular weight excluding hydrogens is 421 g/mol. The number of halogens is 1. The Bertz CT molecular complexity index is 1070. The van der Waals surface area contributed by atoms with E-state index in [4.69, 9.17) is 0 Å². The monoisotopic (exact) mass is 449 g/mol. The Kier molecular flexibility index (Phi) is 6.66. The van der Waals surface area contributed by atoms with Crippen molar-refractivity contribution in [2.45, 2.75) is 38.3 Å². The predicted octanol–water partition coefficient (Wildman–Crippen LogP) is 3.43. The molecule has 2 fully saturated rings. The third-order valence-corrected chi connectivity index (χ3v) is 6.17. The van der Waals surface area contributed by atoms with E-state index in [2.05, 4.69) is 31.0 Å². The topological polar surface area (TPSA) is 72.9 Å². The number of hydrogen-bond donors (Lipinski definition) is 2. The summed E-state index contributed by atoms with van der Waals surface area (Å²) in [5.74, 6) is 6.22. The van der Waals surface area contributed by atoms with Crippen molar-refractivity contribution in [1.29, 1.82) is 0 Å². The van der Waals surface area contributed by atoms with E-state index in [0.717, 1.165) is 17.5 Å². The highest BCUT2D eigenvalue weighted by molar-refractivity contribution is 5.93. The first-order chi connectivity index (χ1) is 15.9. The van der Waals surface area contributed by atoms with Gasteiger partial charge in [0.05, 0.1) is 18.7 Å². The van der Waals surface area contributed by atoms with Crippen molar-refractivity contribution in [3.8, 4) is 11.8 Å². The summed E-state index contributed by atoms with van der Waals surface area (Å²) in [6, 6.07) is 12.5. The number of rotatable bonds is 4. The second kappa shape index (κ2) is 9.63. The Morgan fingerprint density at radius 3 is 2.52 bits per heavy atom. The Balaban J connectivity index is 1.47. The molecule has 0 radical (unpaired) electrons. The third-order valence-electron chi connectivity index (χ3n) is 6.17. The van der Waals surface area contributed by atoms with Crippen LogP contribution in [0.1, 0.15) is 37.3 Å². The summed E-state index contributed by atoms with van der Waals surface area (Å²) in [6.07, 6.45) is 0.839. The fraction of sp³-hybridized carbons (Fsp3) is 0.385. The van der Waals surface area contributed by atoms with Crippen LogP contribution in [-0.2, 0) is 4.79 Å². The molecular formula is C26H28FN3O3. The minimum Gasteiger partial charge on any atom is -0.394 e. The minimum absolute atomic E-state index is 0.0584.